The molecular weight excluding hydrogens is 274 g/mol. The largest absolute Gasteiger partial charge is 0.481 e. The van der Waals surface area contributed by atoms with Gasteiger partial charge in [-0.15, -0.1) is 0 Å². The number of pyridine rings is 1. The number of hydrogen-bond acceptors (Lipinski definition) is 5. The van der Waals surface area contributed by atoms with E-state index < -0.39 is 10.9 Å². The highest BCUT2D eigenvalue weighted by Crippen LogP contribution is 2.35. The number of hydrogen-bond donors (Lipinski definition) is 1. The normalized spacial score (nSPS) is 14.2. The summed E-state index contributed by atoms with van der Waals surface area (Å²) in [5, 5.41) is 19.5. The van der Waals surface area contributed by atoms with Crippen LogP contribution in [-0.4, -0.2) is 33.6 Å². The summed E-state index contributed by atoms with van der Waals surface area (Å²) < 4.78 is 0. The Labute approximate surface area is 114 Å². The van der Waals surface area contributed by atoms with E-state index in [0.29, 0.717) is 12.4 Å². The van der Waals surface area contributed by atoms with E-state index in [9.17, 15) is 14.9 Å². The molecule has 0 aliphatic heterocycles. The average Bonchev–Trinajstić information content (AvgIpc) is 3.14. The van der Waals surface area contributed by atoms with Crippen LogP contribution in [0.1, 0.15) is 19.3 Å². The lowest BCUT2D eigenvalue weighted by Crippen LogP contribution is -2.29. The van der Waals surface area contributed by atoms with Gasteiger partial charge in [0.15, 0.2) is 0 Å². The molecule has 1 aromatic heterocycles. The first kappa shape index (κ1) is 13.5. The molecule has 8 heteroatoms. The molecule has 1 fully saturated rings. The molecule has 2 rings (SSSR count). The van der Waals surface area contributed by atoms with Crippen LogP contribution in [0.5, 0.6) is 0 Å². The number of aromatic nitrogens is 1. The predicted molar refractivity (Wildman–Crippen MR) is 68.5 cm³/mol. The molecule has 1 aromatic rings. The van der Waals surface area contributed by atoms with E-state index in [1.807, 2.05) is 0 Å². The standard InChI is InChI=1S/C11H12ClN3O4/c12-9-5-8(15(18)19)6-13-11(9)14(7-1-2-7)4-3-10(16)17/h5-7H,1-4H2,(H,16,17). The quantitative estimate of drug-likeness (QED) is 0.635. The third-order valence-electron chi connectivity index (χ3n) is 2.84. The Hall–Kier alpha value is -1.89. The van der Waals surface area contributed by atoms with Crippen molar-refractivity contribution in [2.45, 2.75) is 25.3 Å². The first-order valence-corrected chi connectivity index (χ1v) is 6.15. The summed E-state index contributed by atoms with van der Waals surface area (Å²) in [6.07, 6.45) is 3.02. The lowest BCUT2D eigenvalue weighted by Gasteiger charge is -2.23. The maximum absolute atomic E-state index is 10.6. The monoisotopic (exact) mass is 285 g/mol. The fourth-order valence-corrected chi connectivity index (χ4v) is 2.06. The summed E-state index contributed by atoms with van der Waals surface area (Å²) in [4.78, 5) is 26.5. The third-order valence-corrected chi connectivity index (χ3v) is 3.12. The minimum atomic E-state index is -0.899. The molecule has 0 spiro atoms. The summed E-state index contributed by atoms with van der Waals surface area (Å²) >= 11 is 6.00. The summed E-state index contributed by atoms with van der Waals surface area (Å²) in [7, 11) is 0. The Balaban J connectivity index is 2.21. The lowest BCUT2D eigenvalue weighted by atomic mass is 10.3. The van der Waals surface area contributed by atoms with Crippen LogP contribution in [0.15, 0.2) is 12.3 Å². The van der Waals surface area contributed by atoms with Crippen LogP contribution in [0, 0.1) is 10.1 Å². The molecule has 0 amide bonds. The second-order valence-corrected chi connectivity index (χ2v) is 4.73. The van der Waals surface area contributed by atoms with E-state index >= 15 is 0 Å². The van der Waals surface area contributed by atoms with E-state index in [1.165, 1.54) is 6.07 Å². The molecule has 1 N–H and O–H groups in total. The summed E-state index contributed by atoms with van der Waals surface area (Å²) in [5.74, 6) is -0.486. The molecule has 0 unspecified atom stereocenters. The Morgan fingerprint density at radius 2 is 2.32 bits per heavy atom. The molecule has 102 valence electrons. The van der Waals surface area contributed by atoms with Crippen molar-refractivity contribution in [1.29, 1.82) is 0 Å². The van der Waals surface area contributed by atoms with Gasteiger partial charge < -0.3 is 10.0 Å². The first-order valence-electron chi connectivity index (χ1n) is 5.77. The van der Waals surface area contributed by atoms with Crippen molar-refractivity contribution in [3.8, 4) is 0 Å². The van der Waals surface area contributed by atoms with Gasteiger partial charge in [-0.05, 0) is 12.8 Å². The number of anilines is 1. The fraction of sp³-hybridized carbons (Fsp3) is 0.455. The van der Waals surface area contributed by atoms with Crippen LogP contribution in [0.3, 0.4) is 0 Å². The summed E-state index contributed by atoms with van der Waals surface area (Å²) in [6.45, 7) is 0.296. The fourth-order valence-electron chi connectivity index (χ4n) is 1.80. The topological polar surface area (TPSA) is 96.6 Å². The van der Waals surface area contributed by atoms with Crippen molar-refractivity contribution in [2.75, 3.05) is 11.4 Å². The number of nitrogens with zero attached hydrogens (tertiary/aromatic N) is 3. The van der Waals surface area contributed by atoms with Gasteiger partial charge in [0.2, 0.25) is 0 Å². The minimum Gasteiger partial charge on any atom is -0.481 e. The van der Waals surface area contributed by atoms with Crippen molar-refractivity contribution in [2.24, 2.45) is 0 Å². The van der Waals surface area contributed by atoms with Gasteiger partial charge >= 0.3 is 5.97 Å². The van der Waals surface area contributed by atoms with Gasteiger partial charge in [0.25, 0.3) is 5.69 Å². The molecule has 0 bridgehead atoms. The lowest BCUT2D eigenvalue weighted by molar-refractivity contribution is -0.385. The number of aliphatic carboxylic acids is 1. The highest BCUT2D eigenvalue weighted by Gasteiger charge is 2.31. The molecular formula is C11H12ClN3O4. The molecule has 0 radical (unpaired) electrons. The molecule has 1 saturated carbocycles. The second-order valence-electron chi connectivity index (χ2n) is 4.32. The molecule has 1 heterocycles. The van der Waals surface area contributed by atoms with E-state index in [1.54, 1.807) is 4.90 Å². The van der Waals surface area contributed by atoms with Gasteiger partial charge in [-0.1, -0.05) is 11.6 Å². The van der Waals surface area contributed by atoms with Crippen molar-refractivity contribution in [1.82, 2.24) is 4.98 Å². The number of carboxylic acids is 1. The zero-order valence-electron chi connectivity index (χ0n) is 9.95. The van der Waals surface area contributed by atoms with Crippen LogP contribution in [0.25, 0.3) is 0 Å². The molecule has 19 heavy (non-hydrogen) atoms. The molecule has 0 saturated heterocycles. The van der Waals surface area contributed by atoms with E-state index in [4.69, 9.17) is 16.7 Å². The van der Waals surface area contributed by atoms with Crippen LogP contribution in [0.4, 0.5) is 11.5 Å². The van der Waals surface area contributed by atoms with E-state index in [-0.39, 0.29) is 23.2 Å². The summed E-state index contributed by atoms with van der Waals surface area (Å²) in [6, 6.07) is 1.46. The van der Waals surface area contributed by atoms with Crippen LogP contribution < -0.4 is 4.90 Å². The first-order chi connectivity index (χ1) is 8.99. The van der Waals surface area contributed by atoms with Gasteiger partial charge in [0, 0.05) is 18.7 Å². The second kappa shape index (κ2) is 5.40. The van der Waals surface area contributed by atoms with Crippen molar-refractivity contribution >= 4 is 29.1 Å². The number of rotatable bonds is 6. The SMILES string of the molecule is O=C(O)CCN(c1ncc([N+](=O)[O-])cc1Cl)C1CC1. The molecule has 1 aliphatic rings. The van der Waals surface area contributed by atoms with Gasteiger partial charge in [-0.2, -0.15) is 0 Å². The van der Waals surface area contributed by atoms with Gasteiger partial charge in [-0.25, -0.2) is 4.98 Å². The zero-order valence-corrected chi connectivity index (χ0v) is 10.7. The van der Waals surface area contributed by atoms with Crippen LogP contribution in [-0.2, 0) is 4.79 Å². The van der Waals surface area contributed by atoms with Gasteiger partial charge in [-0.3, -0.25) is 14.9 Å². The highest BCUT2D eigenvalue weighted by molar-refractivity contribution is 6.33. The van der Waals surface area contributed by atoms with Gasteiger partial charge in [0.05, 0.1) is 16.4 Å². The Morgan fingerprint density at radius 3 is 2.79 bits per heavy atom. The van der Waals surface area contributed by atoms with Crippen LogP contribution in [0.2, 0.25) is 5.02 Å². The number of carboxylic acid groups (broad SMARTS) is 1. The van der Waals surface area contributed by atoms with Gasteiger partial charge in [0.1, 0.15) is 12.0 Å². The summed E-state index contributed by atoms with van der Waals surface area (Å²) in [5.41, 5.74) is -0.178. The van der Waals surface area contributed by atoms with Crippen molar-refractivity contribution in [3.63, 3.8) is 0 Å². The molecule has 0 atom stereocenters. The average molecular weight is 286 g/mol. The maximum atomic E-state index is 10.6. The number of carbonyl (C=O) groups is 1. The maximum Gasteiger partial charge on any atom is 0.305 e. The highest BCUT2D eigenvalue weighted by atomic mass is 35.5. The van der Waals surface area contributed by atoms with Crippen molar-refractivity contribution < 1.29 is 14.8 Å². The minimum absolute atomic E-state index is 0.0223. The van der Waals surface area contributed by atoms with E-state index in [2.05, 4.69) is 4.98 Å². The Bertz CT molecular complexity index is 519. The zero-order chi connectivity index (χ0) is 14.0. The smallest absolute Gasteiger partial charge is 0.305 e. The predicted octanol–water partition coefficient (Wildman–Crippen LogP) is 2.09. The molecule has 7 nitrogen and oxygen atoms in total. The molecule has 0 aromatic carbocycles. The number of nitro groups is 1. The molecule has 1 aliphatic carbocycles. The van der Waals surface area contributed by atoms with E-state index in [0.717, 1.165) is 19.0 Å². The number of halogens is 1. The van der Waals surface area contributed by atoms with Crippen molar-refractivity contribution in [3.05, 3.63) is 27.4 Å². The Morgan fingerprint density at radius 1 is 1.63 bits per heavy atom. The van der Waals surface area contributed by atoms with Crippen LogP contribution >= 0.6 is 11.6 Å². The Kier molecular flexibility index (Phi) is 3.84. The third kappa shape index (κ3) is 3.31.